The number of halogens is 1. The van der Waals surface area contributed by atoms with Crippen molar-refractivity contribution in [2.24, 2.45) is 0 Å². The van der Waals surface area contributed by atoms with Gasteiger partial charge in [-0.05, 0) is 62.4 Å². The van der Waals surface area contributed by atoms with E-state index in [1.165, 1.54) is 49.7 Å². The number of nitrogens with zero attached hydrogens (tertiary/aromatic N) is 1. The van der Waals surface area contributed by atoms with Gasteiger partial charge in [0.25, 0.3) is 0 Å². The van der Waals surface area contributed by atoms with Crippen LogP contribution in [0.25, 0.3) is 0 Å². The number of rotatable bonds is 5. The maximum absolute atomic E-state index is 3.72. The number of hydrogen-bond acceptors (Lipinski definition) is 1. The second kappa shape index (κ2) is 6.72. The van der Waals surface area contributed by atoms with Crippen LogP contribution >= 0.6 is 15.9 Å². The Kier molecular flexibility index (Phi) is 5.25. The van der Waals surface area contributed by atoms with Gasteiger partial charge >= 0.3 is 0 Å². The van der Waals surface area contributed by atoms with E-state index in [0.29, 0.717) is 0 Å². The second-order valence-corrected chi connectivity index (χ2v) is 6.16. The lowest BCUT2D eigenvalue weighted by molar-refractivity contribution is 0.180. The molecule has 0 amide bonds. The van der Waals surface area contributed by atoms with Gasteiger partial charge in [-0.15, -0.1) is 0 Å². The van der Waals surface area contributed by atoms with E-state index in [-0.39, 0.29) is 0 Å². The first-order chi connectivity index (χ1) is 8.76. The van der Waals surface area contributed by atoms with Crippen LogP contribution in [0, 0.1) is 0 Å². The summed E-state index contributed by atoms with van der Waals surface area (Å²) in [5.41, 5.74) is 3.10. The zero-order valence-corrected chi connectivity index (χ0v) is 13.2. The Balaban J connectivity index is 2.12. The SMILES string of the molecule is CCCN(CCC)[C@H]1CCc2cccc(Br)c2C1. The molecule has 0 bridgehead atoms. The van der Waals surface area contributed by atoms with Gasteiger partial charge in [0.15, 0.2) is 0 Å². The summed E-state index contributed by atoms with van der Waals surface area (Å²) in [5, 5.41) is 0. The highest BCUT2D eigenvalue weighted by atomic mass is 79.9. The molecule has 0 saturated carbocycles. The van der Waals surface area contributed by atoms with Gasteiger partial charge in [0, 0.05) is 10.5 Å². The maximum Gasteiger partial charge on any atom is 0.0210 e. The Hall–Kier alpha value is -0.340. The van der Waals surface area contributed by atoms with Crippen LogP contribution < -0.4 is 0 Å². The molecule has 0 spiro atoms. The van der Waals surface area contributed by atoms with E-state index in [2.05, 4.69) is 52.9 Å². The minimum Gasteiger partial charge on any atom is -0.300 e. The first kappa shape index (κ1) is 14.1. The Morgan fingerprint density at radius 1 is 1.22 bits per heavy atom. The van der Waals surface area contributed by atoms with Crippen molar-refractivity contribution in [1.29, 1.82) is 0 Å². The van der Waals surface area contributed by atoms with Crippen LogP contribution in [0.2, 0.25) is 0 Å². The molecule has 1 aliphatic rings. The van der Waals surface area contributed by atoms with Gasteiger partial charge in [-0.25, -0.2) is 0 Å². The number of benzene rings is 1. The van der Waals surface area contributed by atoms with E-state index in [4.69, 9.17) is 0 Å². The summed E-state index contributed by atoms with van der Waals surface area (Å²) in [7, 11) is 0. The standard InChI is InChI=1S/C16H24BrN/c1-3-10-18(11-4-2)14-9-8-13-6-5-7-16(17)15(13)12-14/h5-7,14H,3-4,8-12H2,1-2H3/t14-/m0/s1. The van der Waals surface area contributed by atoms with E-state index in [0.717, 1.165) is 6.04 Å². The molecule has 0 unspecified atom stereocenters. The smallest absolute Gasteiger partial charge is 0.0210 e. The Bertz CT molecular complexity index is 383. The summed E-state index contributed by atoms with van der Waals surface area (Å²) in [5.74, 6) is 0. The number of hydrogen-bond donors (Lipinski definition) is 0. The minimum atomic E-state index is 0.746. The average Bonchev–Trinajstić information content (AvgIpc) is 2.39. The largest absolute Gasteiger partial charge is 0.300 e. The van der Waals surface area contributed by atoms with E-state index >= 15 is 0 Å². The molecule has 0 aliphatic heterocycles. The normalized spacial score (nSPS) is 19.0. The topological polar surface area (TPSA) is 3.24 Å². The van der Waals surface area contributed by atoms with Crippen molar-refractivity contribution < 1.29 is 0 Å². The monoisotopic (exact) mass is 309 g/mol. The van der Waals surface area contributed by atoms with Crippen LogP contribution in [0.3, 0.4) is 0 Å². The molecule has 100 valence electrons. The molecule has 2 rings (SSSR count). The molecule has 0 N–H and O–H groups in total. The first-order valence-electron chi connectivity index (χ1n) is 7.26. The van der Waals surface area contributed by atoms with E-state index < -0.39 is 0 Å². The summed E-state index contributed by atoms with van der Waals surface area (Å²) in [4.78, 5) is 2.70. The second-order valence-electron chi connectivity index (χ2n) is 5.31. The highest BCUT2D eigenvalue weighted by molar-refractivity contribution is 9.10. The molecule has 1 nitrogen and oxygen atoms in total. The predicted molar refractivity (Wildman–Crippen MR) is 82.1 cm³/mol. The average molecular weight is 310 g/mol. The van der Waals surface area contributed by atoms with Crippen LogP contribution in [0.4, 0.5) is 0 Å². The van der Waals surface area contributed by atoms with Gasteiger partial charge in [-0.2, -0.15) is 0 Å². The van der Waals surface area contributed by atoms with Gasteiger partial charge in [-0.1, -0.05) is 41.9 Å². The highest BCUT2D eigenvalue weighted by Crippen LogP contribution is 2.30. The van der Waals surface area contributed by atoms with Gasteiger partial charge < -0.3 is 4.90 Å². The van der Waals surface area contributed by atoms with Crippen LogP contribution in [-0.2, 0) is 12.8 Å². The van der Waals surface area contributed by atoms with Crippen molar-refractivity contribution in [2.45, 2.75) is 52.0 Å². The summed E-state index contributed by atoms with van der Waals surface area (Å²) in [6.45, 7) is 7.07. The Morgan fingerprint density at radius 3 is 2.61 bits per heavy atom. The summed E-state index contributed by atoms with van der Waals surface area (Å²) < 4.78 is 1.30. The highest BCUT2D eigenvalue weighted by Gasteiger charge is 2.24. The van der Waals surface area contributed by atoms with Crippen LogP contribution in [0.5, 0.6) is 0 Å². The molecule has 2 heteroatoms. The van der Waals surface area contributed by atoms with Gasteiger partial charge in [0.05, 0.1) is 0 Å². The van der Waals surface area contributed by atoms with Crippen molar-refractivity contribution in [3.05, 3.63) is 33.8 Å². The third-order valence-electron chi connectivity index (χ3n) is 3.94. The lowest BCUT2D eigenvalue weighted by Gasteiger charge is -2.35. The minimum absolute atomic E-state index is 0.746. The molecule has 1 aliphatic carbocycles. The van der Waals surface area contributed by atoms with Gasteiger partial charge in [0.2, 0.25) is 0 Å². The molecule has 18 heavy (non-hydrogen) atoms. The fourth-order valence-corrected chi connectivity index (χ4v) is 3.66. The molecular weight excluding hydrogens is 286 g/mol. The van der Waals surface area contributed by atoms with E-state index in [1.807, 2.05) is 0 Å². The van der Waals surface area contributed by atoms with Crippen molar-refractivity contribution in [1.82, 2.24) is 4.90 Å². The molecule has 0 saturated heterocycles. The third kappa shape index (κ3) is 3.16. The number of aryl methyl sites for hydroxylation is 1. The Labute approximate surface area is 120 Å². The molecule has 0 fully saturated rings. The van der Waals surface area contributed by atoms with Crippen LogP contribution in [-0.4, -0.2) is 24.0 Å². The van der Waals surface area contributed by atoms with Gasteiger partial charge in [-0.3, -0.25) is 0 Å². The lowest BCUT2D eigenvalue weighted by atomic mass is 9.87. The van der Waals surface area contributed by atoms with E-state index in [9.17, 15) is 0 Å². The molecule has 1 aromatic carbocycles. The first-order valence-corrected chi connectivity index (χ1v) is 8.05. The molecule has 1 atom stereocenters. The van der Waals surface area contributed by atoms with Crippen molar-refractivity contribution in [3.8, 4) is 0 Å². The van der Waals surface area contributed by atoms with Crippen molar-refractivity contribution in [2.75, 3.05) is 13.1 Å². The van der Waals surface area contributed by atoms with Crippen molar-refractivity contribution in [3.63, 3.8) is 0 Å². The maximum atomic E-state index is 3.72. The van der Waals surface area contributed by atoms with Crippen molar-refractivity contribution >= 4 is 15.9 Å². The predicted octanol–water partition coefficient (Wildman–Crippen LogP) is 4.43. The quantitative estimate of drug-likeness (QED) is 0.778. The van der Waals surface area contributed by atoms with E-state index in [1.54, 1.807) is 11.1 Å². The molecular formula is C16H24BrN. The van der Waals surface area contributed by atoms with Crippen LogP contribution in [0.15, 0.2) is 22.7 Å². The third-order valence-corrected chi connectivity index (χ3v) is 4.68. The Morgan fingerprint density at radius 2 is 1.94 bits per heavy atom. The molecule has 0 heterocycles. The fraction of sp³-hybridized carbons (Fsp3) is 0.625. The molecule has 0 aromatic heterocycles. The zero-order valence-electron chi connectivity index (χ0n) is 11.6. The van der Waals surface area contributed by atoms with Gasteiger partial charge in [0.1, 0.15) is 0 Å². The summed E-state index contributed by atoms with van der Waals surface area (Å²) in [6.07, 6.45) is 6.31. The fourth-order valence-electron chi connectivity index (χ4n) is 3.09. The summed E-state index contributed by atoms with van der Waals surface area (Å²) in [6, 6.07) is 7.39. The van der Waals surface area contributed by atoms with Crippen LogP contribution in [0.1, 0.15) is 44.2 Å². The molecule has 0 radical (unpaired) electrons. The zero-order chi connectivity index (χ0) is 13.0. The lowest BCUT2D eigenvalue weighted by Crippen LogP contribution is -2.40. The molecule has 1 aromatic rings. The summed E-state index contributed by atoms with van der Waals surface area (Å²) >= 11 is 3.72. The number of fused-ring (bicyclic) bond motifs is 1.